The molecule has 2 aromatic carbocycles. The zero-order valence-electron chi connectivity index (χ0n) is 28.7. The number of halogens is 1. The first kappa shape index (κ1) is 42.3. The fraction of sp³-hybridized carbons (Fsp3) is 0.400. The van der Waals surface area contributed by atoms with Crippen LogP contribution in [0.3, 0.4) is 0 Å². The Morgan fingerprint density at radius 3 is 1.96 bits per heavy atom. The Hall–Kier alpha value is -4.85. The number of carboxylic acids is 1. The molecule has 2 rings (SSSR count). The van der Waals surface area contributed by atoms with Crippen molar-refractivity contribution in [1.29, 1.82) is 0 Å². The van der Waals surface area contributed by atoms with Gasteiger partial charge >= 0.3 is 13.8 Å². The van der Waals surface area contributed by atoms with Gasteiger partial charge in [0, 0.05) is 24.8 Å². The minimum atomic E-state index is -4.23. The SMILES string of the molecule is C=CCOP(=O)(OCC=C)Oc1ccc(CC(NC(=O)C(Cc2ccccc2)NC(=O)CCC(=O)O)C(=O)NC(CC(C)C)C(N)=O)cc1CF. The second kappa shape index (κ2) is 21.4. The number of amides is 4. The number of carboxylic acid groups (broad SMARTS) is 1. The van der Waals surface area contributed by atoms with E-state index in [1.54, 1.807) is 30.3 Å². The molecule has 0 saturated heterocycles. The van der Waals surface area contributed by atoms with Gasteiger partial charge in [-0.2, -0.15) is 0 Å². The molecule has 0 aromatic heterocycles. The summed E-state index contributed by atoms with van der Waals surface area (Å²) in [5, 5.41) is 16.8. The van der Waals surface area contributed by atoms with Crippen molar-refractivity contribution in [3.63, 3.8) is 0 Å². The molecule has 0 spiro atoms. The summed E-state index contributed by atoms with van der Waals surface area (Å²) in [5.41, 5.74) is 6.47. The highest BCUT2D eigenvalue weighted by atomic mass is 31.2. The molecule has 3 unspecified atom stereocenters. The van der Waals surface area contributed by atoms with E-state index >= 15 is 0 Å². The van der Waals surface area contributed by atoms with Crippen molar-refractivity contribution < 1.29 is 51.6 Å². The van der Waals surface area contributed by atoms with Gasteiger partial charge in [-0.1, -0.05) is 62.4 Å². The molecule has 2 aromatic rings. The first-order valence-electron chi connectivity index (χ1n) is 16.1. The van der Waals surface area contributed by atoms with Crippen LogP contribution in [-0.2, 0) is 57.1 Å². The van der Waals surface area contributed by atoms with Gasteiger partial charge in [-0.05, 0) is 35.6 Å². The van der Waals surface area contributed by atoms with Crippen LogP contribution in [0.25, 0.3) is 0 Å². The number of aliphatic carboxylic acids is 1. The molecule has 0 bridgehead atoms. The van der Waals surface area contributed by atoms with E-state index in [-0.39, 0.29) is 49.7 Å². The smallest absolute Gasteiger partial charge is 0.481 e. The highest BCUT2D eigenvalue weighted by molar-refractivity contribution is 7.48. The third-order valence-corrected chi connectivity index (χ3v) is 8.47. The van der Waals surface area contributed by atoms with E-state index in [1.807, 2.05) is 13.8 Å². The maximum Gasteiger partial charge on any atom is 0.530 e. The molecule has 4 amide bonds. The monoisotopic (exact) mass is 732 g/mol. The van der Waals surface area contributed by atoms with Crippen LogP contribution in [0.5, 0.6) is 5.75 Å². The van der Waals surface area contributed by atoms with Gasteiger partial charge in [-0.15, -0.1) is 13.2 Å². The standard InChI is InChI=1S/C35H46FN4O10P/c1-5-16-48-51(47,49-17-6-2)50-30-13-12-25(19-26(30)22-36)21-29(35(46)39-27(33(37)44)18-23(3)4)40-34(45)28(20-24-10-8-7-9-11-24)38-31(41)14-15-32(42)43/h5-13,19,23,27-29H,1-2,14-18,20-22H2,3-4H3,(H2,37,44)(H,38,41)(H,39,46)(H,40,45)(H,42,43). The maximum absolute atomic E-state index is 14.3. The Balaban J connectivity index is 2.47. The van der Waals surface area contributed by atoms with Crippen LogP contribution >= 0.6 is 7.82 Å². The van der Waals surface area contributed by atoms with Gasteiger partial charge < -0.3 is 31.3 Å². The van der Waals surface area contributed by atoms with Crippen molar-refractivity contribution in [3.05, 3.63) is 90.5 Å². The van der Waals surface area contributed by atoms with Gasteiger partial charge in [0.25, 0.3) is 0 Å². The second-order valence-corrected chi connectivity index (χ2v) is 13.4. The van der Waals surface area contributed by atoms with Crippen LogP contribution in [0.15, 0.2) is 73.8 Å². The number of hydrogen-bond donors (Lipinski definition) is 5. The molecule has 278 valence electrons. The van der Waals surface area contributed by atoms with Crippen LogP contribution in [0, 0.1) is 5.92 Å². The summed E-state index contributed by atoms with van der Waals surface area (Å²) in [5.74, 6) is -4.46. The minimum absolute atomic E-state index is 0.00295. The molecule has 0 aliphatic carbocycles. The fourth-order valence-electron chi connectivity index (χ4n) is 4.70. The second-order valence-electron chi connectivity index (χ2n) is 11.8. The quantitative estimate of drug-likeness (QED) is 0.0780. The molecule has 14 nitrogen and oxygen atoms in total. The Bertz CT molecular complexity index is 1560. The molecule has 0 aliphatic rings. The summed E-state index contributed by atoms with van der Waals surface area (Å²) in [7, 11) is -4.23. The Morgan fingerprint density at radius 2 is 1.43 bits per heavy atom. The lowest BCUT2D eigenvalue weighted by atomic mass is 9.99. The summed E-state index contributed by atoms with van der Waals surface area (Å²) in [6, 6.07) is 9.07. The van der Waals surface area contributed by atoms with Crippen molar-refractivity contribution >= 4 is 37.4 Å². The molecule has 51 heavy (non-hydrogen) atoms. The van der Waals surface area contributed by atoms with E-state index in [4.69, 9.17) is 24.4 Å². The molecule has 16 heteroatoms. The average molecular weight is 733 g/mol. The first-order chi connectivity index (χ1) is 24.2. The van der Waals surface area contributed by atoms with Crippen molar-refractivity contribution in [2.45, 2.75) is 70.8 Å². The Labute approximate surface area is 296 Å². The third-order valence-electron chi connectivity index (χ3n) is 7.12. The van der Waals surface area contributed by atoms with Gasteiger partial charge in [-0.25, -0.2) is 8.96 Å². The maximum atomic E-state index is 14.3. The van der Waals surface area contributed by atoms with Crippen molar-refractivity contribution in [1.82, 2.24) is 16.0 Å². The van der Waals surface area contributed by atoms with Crippen LogP contribution in [0.4, 0.5) is 4.39 Å². The van der Waals surface area contributed by atoms with Crippen molar-refractivity contribution in [2.24, 2.45) is 11.7 Å². The number of carbonyl (C=O) groups excluding carboxylic acids is 4. The molecular formula is C35H46FN4O10P. The zero-order valence-corrected chi connectivity index (χ0v) is 29.6. The predicted molar refractivity (Wildman–Crippen MR) is 187 cm³/mol. The fourth-order valence-corrected chi connectivity index (χ4v) is 5.88. The number of phosphoric ester groups is 1. The summed E-state index contributed by atoms with van der Waals surface area (Å²) in [4.78, 5) is 63.3. The van der Waals surface area contributed by atoms with Crippen LogP contribution < -0.4 is 26.2 Å². The van der Waals surface area contributed by atoms with Gasteiger partial charge in [0.15, 0.2) is 0 Å². The van der Waals surface area contributed by atoms with E-state index in [1.165, 1.54) is 30.4 Å². The molecule has 0 heterocycles. The topological polar surface area (TPSA) is 212 Å². The van der Waals surface area contributed by atoms with Crippen LogP contribution in [-0.4, -0.2) is 66.0 Å². The molecule has 0 radical (unpaired) electrons. The summed E-state index contributed by atoms with van der Waals surface area (Å²) < 4.78 is 43.3. The number of primary amides is 1. The lowest BCUT2D eigenvalue weighted by Crippen LogP contribution is -2.57. The van der Waals surface area contributed by atoms with Crippen LogP contribution in [0.1, 0.15) is 49.8 Å². The number of nitrogens with two attached hydrogens (primary N) is 1. The van der Waals surface area contributed by atoms with Crippen molar-refractivity contribution in [2.75, 3.05) is 13.2 Å². The normalized spacial score (nSPS) is 12.9. The molecule has 3 atom stereocenters. The highest BCUT2D eigenvalue weighted by Gasteiger charge is 2.32. The molecular weight excluding hydrogens is 686 g/mol. The van der Waals surface area contributed by atoms with E-state index < -0.39 is 75.1 Å². The zero-order chi connectivity index (χ0) is 38.0. The summed E-state index contributed by atoms with van der Waals surface area (Å²) >= 11 is 0. The van der Waals surface area contributed by atoms with E-state index in [9.17, 15) is 32.9 Å². The van der Waals surface area contributed by atoms with Gasteiger partial charge in [0.05, 0.1) is 19.6 Å². The third kappa shape index (κ3) is 15.3. The lowest BCUT2D eigenvalue weighted by molar-refractivity contribution is -0.139. The lowest BCUT2D eigenvalue weighted by Gasteiger charge is -2.26. The van der Waals surface area contributed by atoms with Crippen LogP contribution in [0.2, 0.25) is 0 Å². The van der Waals surface area contributed by atoms with Gasteiger partial charge in [0.1, 0.15) is 30.5 Å². The summed E-state index contributed by atoms with van der Waals surface area (Å²) in [6.45, 7) is 9.17. The summed E-state index contributed by atoms with van der Waals surface area (Å²) in [6.07, 6.45) is 1.75. The number of nitrogens with one attached hydrogen (secondary N) is 3. The minimum Gasteiger partial charge on any atom is -0.481 e. The number of benzene rings is 2. The number of phosphoric acid groups is 1. The van der Waals surface area contributed by atoms with Gasteiger partial charge in [0.2, 0.25) is 23.6 Å². The molecule has 0 fully saturated rings. The molecule has 0 aliphatic heterocycles. The number of alkyl halides is 1. The largest absolute Gasteiger partial charge is 0.530 e. The van der Waals surface area contributed by atoms with Gasteiger partial charge in [-0.3, -0.25) is 33.0 Å². The van der Waals surface area contributed by atoms with E-state index in [0.717, 1.165) is 0 Å². The Morgan fingerprint density at radius 1 is 0.863 bits per heavy atom. The average Bonchev–Trinajstić information content (AvgIpc) is 3.08. The number of carbonyl (C=O) groups is 5. The molecule has 6 N–H and O–H groups in total. The van der Waals surface area contributed by atoms with E-state index in [0.29, 0.717) is 11.1 Å². The molecule has 0 saturated carbocycles. The number of hydrogen-bond acceptors (Lipinski definition) is 9. The van der Waals surface area contributed by atoms with Crippen molar-refractivity contribution in [3.8, 4) is 5.75 Å². The first-order valence-corrected chi connectivity index (χ1v) is 17.6. The highest BCUT2D eigenvalue weighted by Crippen LogP contribution is 2.50. The predicted octanol–water partition coefficient (Wildman–Crippen LogP) is 3.68. The Kier molecular flexibility index (Phi) is 17.7. The van der Waals surface area contributed by atoms with E-state index in [2.05, 4.69) is 29.1 Å². The number of rotatable bonds is 24.